The lowest BCUT2D eigenvalue weighted by Crippen LogP contribution is -2.20. The Bertz CT molecular complexity index is 403. The minimum atomic E-state index is 0.164. The standard InChI is InChI=1S/C10H10O2.CO2/c1-7-3-2-4-10-9(7)5-8(11)6-12-10;2-1-3/h2-4H,5-6H2,1H3;. The molecule has 0 saturated heterocycles. The van der Waals surface area contributed by atoms with Crippen molar-refractivity contribution in [2.75, 3.05) is 6.61 Å². The highest BCUT2D eigenvalue weighted by molar-refractivity contribution is 5.84. The fourth-order valence-corrected chi connectivity index (χ4v) is 1.44. The van der Waals surface area contributed by atoms with E-state index in [9.17, 15) is 4.79 Å². The van der Waals surface area contributed by atoms with Gasteiger partial charge in [0.15, 0.2) is 5.78 Å². The Morgan fingerprint density at radius 2 is 2.00 bits per heavy atom. The van der Waals surface area contributed by atoms with Gasteiger partial charge >= 0.3 is 6.15 Å². The van der Waals surface area contributed by atoms with Crippen LogP contribution in [0.1, 0.15) is 11.1 Å². The third-order valence-electron chi connectivity index (χ3n) is 2.13. The molecular weight excluding hydrogens is 196 g/mol. The number of ketones is 1. The van der Waals surface area contributed by atoms with Gasteiger partial charge in [-0.2, -0.15) is 9.59 Å². The van der Waals surface area contributed by atoms with Gasteiger partial charge in [-0.25, -0.2) is 0 Å². The molecule has 1 heterocycles. The summed E-state index contributed by atoms with van der Waals surface area (Å²) in [6.07, 6.45) is 0.780. The van der Waals surface area contributed by atoms with E-state index in [-0.39, 0.29) is 18.5 Å². The van der Waals surface area contributed by atoms with Crippen molar-refractivity contribution in [3.8, 4) is 5.75 Å². The van der Waals surface area contributed by atoms with Crippen molar-refractivity contribution in [3.05, 3.63) is 29.3 Å². The van der Waals surface area contributed by atoms with Gasteiger partial charge in [0.25, 0.3) is 0 Å². The molecule has 0 bridgehead atoms. The molecule has 0 aliphatic carbocycles. The maximum atomic E-state index is 11.1. The molecule has 0 aromatic heterocycles. The van der Waals surface area contributed by atoms with Gasteiger partial charge < -0.3 is 4.74 Å². The fourth-order valence-electron chi connectivity index (χ4n) is 1.44. The zero-order valence-electron chi connectivity index (χ0n) is 8.28. The molecule has 1 aliphatic heterocycles. The van der Waals surface area contributed by atoms with Crippen LogP contribution in [-0.4, -0.2) is 18.5 Å². The summed E-state index contributed by atoms with van der Waals surface area (Å²) in [5.41, 5.74) is 2.19. The van der Waals surface area contributed by atoms with Crippen LogP contribution in [0.2, 0.25) is 0 Å². The zero-order valence-corrected chi connectivity index (χ0v) is 8.28. The van der Waals surface area contributed by atoms with Crippen molar-refractivity contribution in [2.24, 2.45) is 0 Å². The summed E-state index contributed by atoms with van der Waals surface area (Å²) >= 11 is 0. The normalized spacial score (nSPS) is 12.7. The van der Waals surface area contributed by atoms with Gasteiger partial charge in [-0.3, -0.25) is 4.79 Å². The van der Waals surface area contributed by atoms with Crippen LogP contribution < -0.4 is 4.74 Å². The first-order valence-corrected chi connectivity index (χ1v) is 4.41. The zero-order chi connectivity index (χ0) is 11.3. The quantitative estimate of drug-likeness (QED) is 0.633. The summed E-state index contributed by atoms with van der Waals surface area (Å²) in [6.45, 7) is 2.23. The van der Waals surface area contributed by atoms with E-state index in [2.05, 4.69) is 0 Å². The van der Waals surface area contributed by atoms with Crippen molar-refractivity contribution in [2.45, 2.75) is 13.3 Å². The number of ether oxygens (including phenoxy) is 1. The molecule has 2 rings (SSSR count). The monoisotopic (exact) mass is 206 g/mol. The first-order valence-electron chi connectivity index (χ1n) is 4.41. The molecule has 0 N–H and O–H groups in total. The van der Waals surface area contributed by atoms with E-state index < -0.39 is 0 Å². The topological polar surface area (TPSA) is 60.4 Å². The second-order valence-corrected chi connectivity index (χ2v) is 3.14. The number of benzene rings is 1. The van der Waals surface area contributed by atoms with E-state index in [0.717, 1.165) is 16.9 Å². The molecule has 0 saturated carbocycles. The Kier molecular flexibility index (Phi) is 3.77. The maximum Gasteiger partial charge on any atom is 0.373 e. The Morgan fingerprint density at radius 3 is 2.67 bits per heavy atom. The average molecular weight is 206 g/mol. The number of aryl methyl sites for hydroxylation is 1. The van der Waals surface area contributed by atoms with Crippen molar-refractivity contribution in [3.63, 3.8) is 0 Å². The molecule has 0 radical (unpaired) electrons. The molecule has 1 aromatic carbocycles. The van der Waals surface area contributed by atoms with Crippen LogP contribution in [0.5, 0.6) is 5.75 Å². The second-order valence-electron chi connectivity index (χ2n) is 3.14. The lowest BCUT2D eigenvalue weighted by atomic mass is 10.0. The molecule has 15 heavy (non-hydrogen) atoms. The van der Waals surface area contributed by atoms with E-state index in [1.165, 1.54) is 0 Å². The first kappa shape index (κ1) is 11.1. The molecule has 4 nitrogen and oxygen atoms in total. The Labute approximate surface area is 86.9 Å². The van der Waals surface area contributed by atoms with E-state index in [1.807, 2.05) is 25.1 Å². The number of carbonyl (C=O) groups is 1. The molecule has 0 unspecified atom stereocenters. The third-order valence-corrected chi connectivity index (χ3v) is 2.13. The van der Waals surface area contributed by atoms with Gasteiger partial charge in [-0.05, 0) is 18.6 Å². The Balaban J connectivity index is 0.000000337. The van der Waals surface area contributed by atoms with E-state index >= 15 is 0 Å². The van der Waals surface area contributed by atoms with Gasteiger partial charge in [0.05, 0.1) is 0 Å². The first-order chi connectivity index (χ1) is 7.19. The Hall–Kier alpha value is -1.93. The summed E-state index contributed by atoms with van der Waals surface area (Å²) in [5.74, 6) is 1.03. The molecule has 0 atom stereocenters. The van der Waals surface area contributed by atoms with E-state index in [1.54, 1.807) is 0 Å². The predicted octanol–water partition coefficient (Wildman–Crippen LogP) is 0.916. The van der Waals surface area contributed by atoms with Crippen LogP contribution in [-0.2, 0) is 20.8 Å². The minimum Gasteiger partial charge on any atom is -0.486 e. The summed E-state index contributed by atoms with van der Waals surface area (Å²) < 4.78 is 5.27. The smallest absolute Gasteiger partial charge is 0.373 e. The SMILES string of the molecule is Cc1cccc2c1CC(=O)CO2.O=C=O. The average Bonchev–Trinajstić information content (AvgIpc) is 2.21. The number of Topliss-reactive ketones (excluding diaryl/α,β-unsaturated/α-hetero) is 1. The maximum absolute atomic E-state index is 11.1. The van der Waals surface area contributed by atoms with E-state index in [0.29, 0.717) is 6.42 Å². The molecule has 0 spiro atoms. The second kappa shape index (κ2) is 5.08. The van der Waals surface area contributed by atoms with Gasteiger partial charge in [0.1, 0.15) is 12.4 Å². The molecule has 0 amide bonds. The van der Waals surface area contributed by atoms with Crippen LogP contribution in [0.4, 0.5) is 0 Å². The van der Waals surface area contributed by atoms with Gasteiger partial charge in [0.2, 0.25) is 0 Å². The largest absolute Gasteiger partial charge is 0.486 e. The molecule has 0 fully saturated rings. The van der Waals surface area contributed by atoms with Crippen molar-refractivity contribution >= 4 is 11.9 Å². The number of carbonyl (C=O) groups excluding carboxylic acids is 3. The molecule has 4 heteroatoms. The van der Waals surface area contributed by atoms with Crippen LogP contribution >= 0.6 is 0 Å². The van der Waals surface area contributed by atoms with Crippen molar-refractivity contribution in [1.29, 1.82) is 0 Å². The van der Waals surface area contributed by atoms with Crippen LogP contribution in [0.15, 0.2) is 18.2 Å². The molecule has 1 aromatic rings. The van der Waals surface area contributed by atoms with Gasteiger partial charge in [-0.1, -0.05) is 12.1 Å². The lowest BCUT2D eigenvalue weighted by molar-refractivity contribution is -0.191. The number of hydrogen-bond donors (Lipinski definition) is 0. The van der Waals surface area contributed by atoms with Crippen LogP contribution in [0.3, 0.4) is 0 Å². The summed E-state index contributed by atoms with van der Waals surface area (Å²) in [4.78, 5) is 27.3. The summed E-state index contributed by atoms with van der Waals surface area (Å²) in [7, 11) is 0. The highest BCUT2D eigenvalue weighted by Crippen LogP contribution is 2.25. The number of rotatable bonds is 0. The van der Waals surface area contributed by atoms with E-state index in [4.69, 9.17) is 14.3 Å². The van der Waals surface area contributed by atoms with Crippen LogP contribution in [0, 0.1) is 6.92 Å². The number of fused-ring (bicyclic) bond motifs is 1. The van der Waals surface area contributed by atoms with Crippen molar-refractivity contribution in [1.82, 2.24) is 0 Å². The predicted molar refractivity (Wildman–Crippen MR) is 50.4 cm³/mol. The lowest BCUT2D eigenvalue weighted by Gasteiger charge is -2.17. The van der Waals surface area contributed by atoms with Crippen molar-refractivity contribution < 1.29 is 19.1 Å². The molecular formula is C11H10O4. The summed E-state index contributed by atoms with van der Waals surface area (Å²) in [6, 6.07) is 5.86. The fraction of sp³-hybridized carbons (Fsp3) is 0.273. The van der Waals surface area contributed by atoms with Crippen LogP contribution in [0.25, 0.3) is 0 Å². The highest BCUT2D eigenvalue weighted by Gasteiger charge is 2.17. The van der Waals surface area contributed by atoms with Gasteiger partial charge in [0, 0.05) is 12.0 Å². The highest BCUT2D eigenvalue weighted by atomic mass is 16.5. The number of hydrogen-bond acceptors (Lipinski definition) is 4. The Morgan fingerprint density at radius 1 is 1.33 bits per heavy atom. The molecule has 1 aliphatic rings. The molecule has 78 valence electrons. The minimum absolute atomic E-state index is 0.164. The third kappa shape index (κ3) is 2.76. The summed E-state index contributed by atoms with van der Waals surface area (Å²) in [5, 5.41) is 0. The van der Waals surface area contributed by atoms with Gasteiger partial charge in [-0.15, -0.1) is 0 Å².